The van der Waals surface area contributed by atoms with Gasteiger partial charge in [0.15, 0.2) is 5.82 Å². The molecule has 0 aliphatic heterocycles. The van der Waals surface area contributed by atoms with Crippen molar-refractivity contribution in [2.24, 2.45) is 0 Å². The Bertz CT molecular complexity index is 1250. The first-order chi connectivity index (χ1) is 14.4. The molecule has 0 aliphatic carbocycles. The summed E-state index contributed by atoms with van der Waals surface area (Å²) in [6.07, 6.45) is 0. The van der Waals surface area contributed by atoms with Gasteiger partial charge in [-0.1, -0.05) is 29.8 Å². The molecule has 0 spiro atoms. The highest BCUT2D eigenvalue weighted by Crippen LogP contribution is 2.28. The third-order valence-corrected chi connectivity index (χ3v) is 4.82. The Hall–Kier alpha value is -3.58. The molecule has 0 bridgehead atoms. The van der Waals surface area contributed by atoms with Crippen molar-refractivity contribution in [2.75, 3.05) is 17.7 Å². The Balaban J connectivity index is 1.69. The van der Waals surface area contributed by atoms with Gasteiger partial charge in [0.1, 0.15) is 17.1 Å². The number of nitrogens with one attached hydrogen (secondary N) is 2. The Kier molecular flexibility index (Phi) is 5.29. The summed E-state index contributed by atoms with van der Waals surface area (Å²) in [5.74, 6) is 1.75. The molecule has 8 heteroatoms. The summed E-state index contributed by atoms with van der Waals surface area (Å²) in [5.41, 5.74) is 3.09. The van der Waals surface area contributed by atoms with Gasteiger partial charge in [0.05, 0.1) is 12.8 Å². The molecular weight excluding hydrogens is 402 g/mol. The summed E-state index contributed by atoms with van der Waals surface area (Å²) in [6, 6.07) is 16.0. The van der Waals surface area contributed by atoms with Crippen LogP contribution in [0.4, 0.5) is 16.3 Å². The third-order valence-electron chi connectivity index (χ3n) is 4.59. The van der Waals surface area contributed by atoms with E-state index in [4.69, 9.17) is 21.3 Å². The van der Waals surface area contributed by atoms with Crippen LogP contribution in [0.2, 0.25) is 5.02 Å². The molecule has 0 aliphatic rings. The molecule has 0 saturated heterocycles. The average molecular weight is 422 g/mol. The van der Waals surface area contributed by atoms with Crippen molar-refractivity contribution in [1.29, 1.82) is 0 Å². The van der Waals surface area contributed by atoms with Crippen LogP contribution in [-0.4, -0.2) is 27.9 Å². The summed E-state index contributed by atoms with van der Waals surface area (Å²) in [6.45, 7) is 3.85. The number of carbonyl (C=O) groups excluding carboxylic acids is 1. The zero-order valence-corrected chi connectivity index (χ0v) is 17.5. The number of rotatable bonds is 4. The molecule has 4 rings (SSSR count). The number of ether oxygens (including phenoxy) is 1. The minimum Gasteiger partial charge on any atom is -0.494 e. The van der Waals surface area contributed by atoms with Crippen molar-refractivity contribution >= 4 is 40.0 Å². The van der Waals surface area contributed by atoms with E-state index in [0.29, 0.717) is 28.1 Å². The van der Waals surface area contributed by atoms with Gasteiger partial charge in [-0.25, -0.2) is 9.78 Å². The Morgan fingerprint density at radius 1 is 1.07 bits per heavy atom. The first-order valence-electron chi connectivity index (χ1n) is 9.29. The quantitative estimate of drug-likeness (QED) is 0.465. The summed E-state index contributed by atoms with van der Waals surface area (Å²) in [5, 5.41) is 11.6. The van der Waals surface area contributed by atoms with Crippen molar-refractivity contribution in [3.8, 4) is 11.6 Å². The van der Waals surface area contributed by atoms with Crippen LogP contribution >= 0.6 is 11.6 Å². The number of hydrogen-bond donors (Lipinski definition) is 2. The van der Waals surface area contributed by atoms with E-state index in [9.17, 15) is 4.79 Å². The minimum absolute atomic E-state index is 0.409. The number of fused-ring (bicyclic) bond motifs is 1. The average Bonchev–Trinajstić information content (AvgIpc) is 3.07. The van der Waals surface area contributed by atoms with E-state index in [-0.39, 0.29) is 0 Å². The maximum atomic E-state index is 12.5. The predicted molar refractivity (Wildman–Crippen MR) is 119 cm³/mol. The highest BCUT2D eigenvalue weighted by molar-refractivity contribution is 6.30. The van der Waals surface area contributed by atoms with E-state index >= 15 is 0 Å². The number of methoxy groups -OCH3 is 1. The number of hydrogen-bond acceptors (Lipinski definition) is 4. The topological polar surface area (TPSA) is 81.1 Å². The number of para-hydroxylation sites is 1. The fourth-order valence-electron chi connectivity index (χ4n) is 3.26. The van der Waals surface area contributed by atoms with Gasteiger partial charge >= 0.3 is 6.03 Å². The van der Waals surface area contributed by atoms with E-state index in [1.54, 1.807) is 42.1 Å². The van der Waals surface area contributed by atoms with Gasteiger partial charge in [0, 0.05) is 22.2 Å². The molecule has 2 aromatic carbocycles. The van der Waals surface area contributed by atoms with Gasteiger partial charge in [0.2, 0.25) is 0 Å². The zero-order valence-electron chi connectivity index (χ0n) is 16.7. The van der Waals surface area contributed by atoms with Gasteiger partial charge in [-0.15, -0.1) is 0 Å². The summed E-state index contributed by atoms with van der Waals surface area (Å²) >= 11 is 5.98. The second-order valence-corrected chi connectivity index (χ2v) is 7.26. The maximum absolute atomic E-state index is 12.5. The largest absolute Gasteiger partial charge is 0.494 e. The van der Waals surface area contributed by atoms with Crippen LogP contribution in [0.25, 0.3) is 16.7 Å². The molecule has 2 heterocycles. The fourth-order valence-corrected chi connectivity index (χ4v) is 3.45. The van der Waals surface area contributed by atoms with Crippen LogP contribution in [0.1, 0.15) is 11.3 Å². The summed E-state index contributed by atoms with van der Waals surface area (Å²) in [4.78, 5) is 17.3. The minimum atomic E-state index is -0.409. The highest BCUT2D eigenvalue weighted by Gasteiger charge is 2.15. The number of benzene rings is 2. The van der Waals surface area contributed by atoms with Gasteiger partial charge in [0.25, 0.3) is 0 Å². The van der Waals surface area contributed by atoms with Crippen molar-refractivity contribution < 1.29 is 9.53 Å². The van der Waals surface area contributed by atoms with Crippen LogP contribution in [0, 0.1) is 13.8 Å². The van der Waals surface area contributed by atoms with Crippen molar-refractivity contribution in [3.05, 3.63) is 70.9 Å². The van der Waals surface area contributed by atoms with Crippen LogP contribution < -0.4 is 15.4 Å². The Morgan fingerprint density at radius 3 is 2.63 bits per heavy atom. The lowest BCUT2D eigenvalue weighted by molar-refractivity contribution is 0.262. The zero-order chi connectivity index (χ0) is 21.3. The van der Waals surface area contributed by atoms with Crippen molar-refractivity contribution in [2.45, 2.75) is 13.8 Å². The van der Waals surface area contributed by atoms with Gasteiger partial charge in [-0.05, 0) is 49.7 Å². The van der Waals surface area contributed by atoms with Crippen LogP contribution in [0.5, 0.6) is 5.75 Å². The number of nitrogens with zero attached hydrogens (tertiary/aromatic N) is 3. The van der Waals surface area contributed by atoms with Crippen LogP contribution in [0.3, 0.4) is 0 Å². The summed E-state index contributed by atoms with van der Waals surface area (Å²) in [7, 11) is 1.61. The second kappa shape index (κ2) is 8.04. The normalized spacial score (nSPS) is 10.8. The molecule has 2 aromatic heterocycles. The number of amides is 2. The Labute approximate surface area is 178 Å². The van der Waals surface area contributed by atoms with Gasteiger partial charge in [-0.2, -0.15) is 9.78 Å². The number of pyridine rings is 1. The molecule has 0 atom stereocenters. The van der Waals surface area contributed by atoms with Gasteiger partial charge in [-0.3, -0.25) is 5.32 Å². The highest BCUT2D eigenvalue weighted by atomic mass is 35.5. The van der Waals surface area contributed by atoms with E-state index in [2.05, 4.69) is 15.7 Å². The lowest BCUT2D eigenvalue weighted by Crippen LogP contribution is -2.21. The molecule has 0 radical (unpaired) electrons. The van der Waals surface area contributed by atoms with E-state index in [1.807, 2.05) is 38.1 Å². The van der Waals surface area contributed by atoms with Crippen LogP contribution in [0.15, 0.2) is 54.6 Å². The number of halogens is 1. The first-order valence-corrected chi connectivity index (χ1v) is 9.67. The smallest absolute Gasteiger partial charge is 0.324 e. The Morgan fingerprint density at radius 2 is 1.87 bits per heavy atom. The van der Waals surface area contributed by atoms with E-state index < -0.39 is 6.03 Å². The van der Waals surface area contributed by atoms with E-state index in [1.165, 1.54) is 0 Å². The number of aromatic nitrogens is 3. The maximum Gasteiger partial charge on any atom is 0.324 e. The molecule has 0 unspecified atom stereocenters. The molecule has 30 heavy (non-hydrogen) atoms. The molecule has 0 saturated carbocycles. The second-order valence-electron chi connectivity index (χ2n) is 6.83. The fraction of sp³-hybridized carbons (Fsp3) is 0.136. The standard InChI is InChI=1S/C22H20ClN5O2/c1-13-10-19(25-21-17(13)8-5-9-18(21)30-3)28-20(11-14(2)27-28)26-22(29)24-16-7-4-6-15(23)12-16/h4-12H,1-3H3,(H2,24,26,29). The number of anilines is 2. The predicted octanol–water partition coefficient (Wildman–Crippen LogP) is 5.34. The molecule has 4 aromatic rings. The first kappa shape index (κ1) is 19.7. The molecule has 152 valence electrons. The van der Waals surface area contributed by atoms with Crippen molar-refractivity contribution in [1.82, 2.24) is 14.8 Å². The van der Waals surface area contributed by atoms with Gasteiger partial charge < -0.3 is 10.1 Å². The molecule has 0 fully saturated rings. The SMILES string of the molecule is COc1cccc2c(C)cc(-n3nc(C)cc3NC(=O)Nc3cccc(Cl)c3)nc12. The number of carbonyl (C=O) groups is 1. The van der Waals surface area contributed by atoms with Crippen LogP contribution in [-0.2, 0) is 0 Å². The monoisotopic (exact) mass is 421 g/mol. The van der Waals surface area contributed by atoms with Crippen molar-refractivity contribution in [3.63, 3.8) is 0 Å². The lowest BCUT2D eigenvalue weighted by Gasteiger charge is -2.12. The third kappa shape index (κ3) is 3.92. The molecule has 2 amide bonds. The molecular formula is C22H20ClN5O2. The number of aryl methyl sites for hydroxylation is 2. The number of urea groups is 1. The molecule has 7 nitrogen and oxygen atoms in total. The van der Waals surface area contributed by atoms with E-state index in [0.717, 1.165) is 22.2 Å². The lowest BCUT2D eigenvalue weighted by atomic mass is 10.1. The molecule has 2 N–H and O–H groups in total. The summed E-state index contributed by atoms with van der Waals surface area (Å²) < 4.78 is 7.07.